The van der Waals surface area contributed by atoms with Crippen molar-refractivity contribution in [2.75, 3.05) is 6.54 Å². The summed E-state index contributed by atoms with van der Waals surface area (Å²) >= 11 is 1.01. The van der Waals surface area contributed by atoms with Gasteiger partial charge in [0.1, 0.15) is 16.9 Å². The lowest BCUT2D eigenvalue weighted by atomic mass is 10.0. The van der Waals surface area contributed by atoms with E-state index < -0.39 is 34.2 Å². The third-order valence-electron chi connectivity index (χ3n) is 4.74. The molecule has 4 rings (SSSR count). The standard InChI is InChI=1S/C18H18N2O6S2/c21-17(25-12-13-5-2-1-3-6-13)15-9-8-14-11-19(15)18(22)20(14)26-28(23,24)16-7-4-10-27-16/h1-7,10,14-15H,8-9,11-12H2/t14-,15?/m1/s1. The Bertz CT molecular complexity index is 961. The minimum atomic E-state index is -4.08. The number of ether oxygens (including phenoxy) is 1. The van der Waals surface area contributed by atoms with Gasteiger partial charge in [0.05, 0.1) is 6.04 Å². The van der Waals surface area contributed by atoms with Gasteiger partial charge in [0.2, 0.25) is 0 Å². The molecule has 1 aromatic carbocycles. The molecule has 28 heavy (non-hydrogen) atoms. The number of thiophene rings is 1. The molecule has 3 heterocycles. The van der Waals surface area contributed by atoms with Crippen LogP contribution in [0.5, 0.6) is 0 Å². The van der Waals surface area contributed by atoms with Gasteiger partial charge in [0.15, 0.2) is 0 Å². The maximum atomic E-state index is 12.7. The van der Waals surface area contributed by atoms with E-state index >= 15 is 0 Å². The van der Waals surface area contributed by atoms with Crippen LogP contribution in [0, 0.1) is 0 Å². The number of hydrogen-bond acceptors (Lipinski definition) is 7. The lowest BCUT2D eigenvalue weighted by Crippen LogP contribution is -2.45. The number of carbonyl (C=O) groups is 2. The lowest BCUT2D eigenvalue weighted by molar-refractivity contribution is -0.151. The van der Waals surface area contributed by atoms with Gasteiger partial charge in [-0.1, -0.05) is 36.4 Å². The molecule has 2 bridgehead atoms. The van der Waals surface area contributed by atoms with E-state index in [1.165, 1.54) is 11.0 Å². The van der Waals surface area contributed by atoms with E-state index in [9.17, 15) is 18.0 Å². The third-order valence-corrected chi connectivity index (χ3v) is 7.29. The number of hydroxylamine groups is 2. The molecule has 1 aromatic heterocycles. The van der Waals surface area contributed by atoms with Gasteiger partial charge in [-0.15, -0.1) is 15.6 Å². The van der Waals surface area contributed by atoms with Crippen LogP contribution in [0.3, 0.4) is 0 Å². The van der Waals surface area contributed by atoms with Gasteiger partial charge < -0.3 is 9.64 Å². The fourth-order valence-electron chi connectivity index (χ4n) is 3.35. The zero-order valence-corrected chi connectivity index (χ0v) is 16.4. The largest absolute Gasteiger partial charge is 0.459 e. The van der Waals surface area contributed by atoms with Crippen LogP contribution in [0.25, 0.3) is 0 Å². The molecular weight excluding hydrogens is 404 g/mol. The summed E-state index contributed by atoms with van der Waals surface area (Å²) in [4.78, 5) is 26.5. The van der Waals surface area contributed by atoms with Gasteiger partial charge in [-0.05, 0) is 29.9 Å². The zero-order valence-electron chi connectivity index (χ0n) is 14.8. The molecule has 10 heteroatoms. The summed E-state index contributed by atoms with van der Waals surface area (Å²) < 4.78 is 35.2. The summed E-state index contributed by atoms with van der Waals surface area (Å²) in [5.74, 6) is -0.501. The first-order valence-corrected chi connectivity index (χ1v) is 11.0. The molecule has 0 spiro atoms. The van der Waals surface area contributed by atoms with E-state index in [1.807, 2.05) is 30.3 Å². The predicted octanol–water partition coefficient (Wildman–Crippen LogP) is 2.38. The van der Waals surface area contributed by atoms with Crippen LogP contribution in [0.2, 0.25) is 0 Å². The highest BCUT2D eigenvalue weighted by Gasteiger charge is 2.50. The first-order valence-electron chi connectivity index (χ1n) is 8.74. The molecule has 148 valence electrons. The number of piperidine rings is 1. The van der Waals surface area contributed by atoms with E-state index in [1.54, 1.807) is 11.4 Å². The molecule has 0 N–H and O–H groups in total. The Morgan fingerprint density at radius 2 is 1.93 bits per heavy atom. The molecule has 2 aliphatic rings. The van der Waals surface area contributed by atoms with Crippen molar-refractivity contribution < 1.29 is 27.0 Å². The number of carbonyl (C=O) groups excluding carboxylic acids is 2. The van der Waals surface area contributed by atoms with Crippen molar-refractivity contribution in [3.05, 3.63) is 53.4 Å². The molecule has 0 saturated carbocycles. The molecule has 1 unspecified atom stereocenters. The Balaban J connectivity index is 1.42. The number of nitrogens with zero attached hydrogens (tertiary/aromatic N) is 2. The van der Waals surface area contributed by atoms with Crippen molar-refractivity contribution in [3.63, 3.8) is 0 Å². The van der Waals surface area contributed by atoms with Crippen LogP contribution >= 0.6 is 11.3 Å². The molecule has 0 aliphatic carbocycles. The van der Waals surface area contributed by atoms with Crippen molar-refractivity contribution >= 4 is 33.5 Å². The fraction of sp³-hybridized carbons (Fsp3) is 0.333. The number of urea groups is 1. The Hall–Kier alpha value is -2.43. The smallest absolute Gasteiger partial charge is 0.346 e. The Morgan fingerprint density at radius 3 is 2.64 bits per heavy atom. The van der Waals surface area contributed by atoms with Crippen LogP contribution < -0.4 is 0 Å². The van der Waals surface area contributed by atoms with E-state index in [-0.39, 0.29) is 17.4 Å². The summed E-state index contributed by atoms with van der Waals surface area (Å²) in [6.07, 6.45) is 0.843. The monoisotopic (exact) mass is 422 g/mol. The zero-order chi connectivity index (χ0) is 19.7. The summed E-state index contributed by atoms with van der Waals surface area (Å²) in [5.41, 5.74) is 0.851. The van der Waals surface area contributed by atoms with Crippen LogP contribution in [0.4, 0.5) is 4.79 Å². The first-order chi connectivity index (χ1) is 13.5. The van der Waals surface area contributed by atoms with Gasteiger partial charge in [-0.2, -0.15) is 13.5 Å². The maximum Gasteiger partial charge on any atom is 0.346 e. The second-order valence-electron chi connectivity index (χ2n) is 6.56. The quantitative estimate of drug-likeness (QED) is 0.664. The van der Waals surface area contributed by atoms with Crippen molar-refractivity contribution in [1.82, 2.24) is 9.96 Å². The SMILES string of the molecule is O=C(OCc1ccccc1)C1CC[C@@H]2CN1C(=O)N2OS(=O)(=O)c1cccs1. The second kappa shape index (κ2) is 7.53. The lowest BCUT2D eigenvalue weighted by Gasteiger charge is -2.28. The molecule has 2 aliphatic heterocycles. The summed E-state index contributed by atoms with van der Waals surface area (Å²) in [7, 11) is -4.08. The molecule has 0 radical (unpaired) electrons. The van der Waals surface area contributed by atoms with E-state index in [2.05, 4.69) is 0 Å². The molecule has 2 fully saturated rings. The van der Waals surface area contributed by atoms with Crippen LogP contribution in [-0.4, -0.2) is 49.0 Å². The number of fused-ring (bicyclic) bond motifs is 2. The van der Waals surface area contributed by atoms with Crippen molar-refractivity contribution in [2.24, 2.45) is 0 Å². The average Bonchev–Trinajstić information content (AvgIpc) is 3.32. The fourth-order valence-corrected chi connectivity index (χ4v) is 5.24. The summed E-state index contributed by atoms with van der Waals surface area (Å²) in [6.45, 7) is 0.346. The number of esters is 1. The molecule has 2 aromatic rings. The van der Waals surface area contributed by atoms with Crippen molar-refractivity contribution in [3.8, 4) is 0 Å². The van der Waals surface area contributed by atoms with E-state index in [0.29, 0.717) is 12.8 Å². The highest BCUT2D eigenvalue weighted by molar-refractivity contribution is 7.88. The minimum absolute atomic E-state index is 0.0237. The summed E-state index contributed by atoms with van der Waals surface area (Å²) in [6, 6.07) is 10.5. The first kappa shape index (κ1) is 18.9. The van der Waals surface area contributed by atoms with Gasteiger partial charge in [0, 0.05) is 6.54 Å². The number of rotatable bonds is 6. The highest BCUT2D eigenvalue weighted by atomic mass is 32.3. The highest BCUT2D eigenvalue weighted by Crippen LogP contribution is 2.32. The molecular formula is C18H18N2O6S2. The van der Waals surface area contributed by atoms with Crippen LogP contribution in [0.1, 0.15) is 18.4 Å². The Kier molecular flexibility index (Phi) is 5.09. The molecule has 8 nitrogen and oxygen atoms in total. The maximum absolute atomic E-state index is 12.7. The third kappa shape index (κ3) is 3.62. The van der Waals surface area contributed by atoms with Crippen molar-refractivity contribution in [2.45, 2.75) is 35.7 Å². The van der Waals surface area contributed by atoms with Crippen LogP contribution in [-0.2, 0) is 30.5 Å². The minimum Gasteiger partial charge on any atom is -0.459 e. The van der Waals surface area contributed by atoms with Gasteiger partial charge in [-0.25, -0.2) is 9.59 Å². The van der Waals surface area contributed by atoms with Crippen molar-refractivity contribution in [1.29, 1.82) is 0 Å². The topological polar surface area (TPSA) is 93.2 Å². The number of amides is 2. The average molecular weight is 422 g/mol. The van der Waals surface area contributed by atoms with Gasteiger partial charge in [-0.3, -0.25) is 0 Å². The van der Waals surface area contributed by atoms with E-state index in [4.69, 9.17) is 9.02 Å². The molecule has 2 atom stereocenters. The second-order valence-corrected chi connectivity index (χ2v) is 9.27. The predicted molar refractivity (Wildman–Crippen MR) is 99.6 cm³/mol. The Morgan fingerprint density at radius 1 is 1.14 bits per heavy atom. The number of hydrogen-bond donors (Lipinski definition) is 0. The summed E-state index contributed by atoms with van der Waals surface area (Å²) in [5, 5.41) is 2.49. The molecule has 2 amide bonds. The van der Waals surface area contributed by atoms with Gasteiger partial charge in [0.25, 0.3) is 0 Å². The van der Waals surface area contributed by atoms with Crippen LogP contribution in [0.15, 0.2) is 52.1 Å². The number of benzene rings is 1. The Labute approximate surface area is 166 Å². The normalized spacial score (nSPS) is 21.8. The van der Waals surface area contributed by atoms with E-state index in [0.717, 1.165) is 22.0 Å². The van der Waals surface area contributed by atoms with Gasteiger partial charge >= 0.3 is 22.1 Å². The molecule has 2 saturated heterocycles.